The molecule has 0 aliphatic carbocycles. The summed E-state index contributed by atoms with van der Waals surface area (Å²) in [4.78, 5) is 37.6. The second-order valence-electron chi connectivity index (χ2n) is 6.40. The fourth-order valence-corrected chi connectivity index (χ4v) is 3.13. The molecule has 1 fully saturated rings. The molecule has 6 nitrogen and oxygen atoms in total. The lowest BCUT2D eigenvalue weighted by molar-refractivity contribution is -0.133. The Morgan fingerprint density at radius 3 is 2.62 bits per heavy atom. The van der Waals surface area contributed by atoms with Crippen LogP contribution in [0.5, 0.6) is 0 Å². The summed E-state index contributed by atoms with van der Waals surface area (Å²) in [6, 6.07) is 4.24. The highest BCUT2D eigenvalue weighted by molar-refractivity contribution is 6.44. The van der Waals surface area contributed by atoms with Gasteiger partial charge in [0.2, 0.25) is 5.91 Å². The van der Waals surface area contributed by atoms with Gasteiger partial charge in [-0.15, -0.1) is 0 Å². The molecule has 1 aliphatic rings. The lowest BCUT2D eigenvalue weighted by Crippen LogP contribution is -2.45. The first-order valence-corrected chi connectivity index (χ1v) is 8.27. The van der Waals surface area contributed by atoms with E-state index in [1.165, 1.54) is 0 Å². The smallest absolute Gasteiger partial charge is 0.323 e. The molecule has 1 unspecified atom stereocenters. The molecule has 4 amide bonds. The van der Waals surface area contributed by atoms with Gasteiger partial charge in [-0.05, 0) is 31.4 Å². The van der Waals surface area contributed by atoms with Crippen LogP contribution in [0, 0.1) is 5.92 Å². The van der Waals surface area contributed by atoms with Crippen LogP contribution in [0.15, 0.2) is 18.2 Å². The number of rotatable bonds is 5. The number of nitrogens with zero attached hydrogens (tertiary/aromatic N) is 1. The summed E-state index contributed by atoms with van der Waals surface area (Å²) in [7, 11) is 0. The number of urea groups is 1. The van der Waals surface area contributed by atoms with E-state index in [1.54, 1.807) is 25.1 Å². The molecule has 0 aromatic heterocycles. The molecule has 1 atom stereocenters. The first kappa shape index (κ1) is 18.5. The van der Waals surface area contributed by atoms with E-state index >= 15 is 0 Å². The van der Waals surface area contributed by atoms with Crippen LogP contribution in [0.2, 0.25) is 10.0 Å². The monoisotopic (exact) mass is 371 g/mol. The summed E-state index contributed by atoms with van der Waals surface area (Å²) in [6.45, 7) is 5.20. The third-order valence-corrected chi connectivity index (χ3v) is 4.51. The van der Waals surface area contributed by atoms with Gasteiger partial charge in [-0.3, -0.25) is 14.5 Å². The Labute approximate surface area is 150 Å². The van der Waals surface area contributed by atoms with Gasteiger partial charge >= 0.3 is 6.03 Å². The van der Waals surface area contributed by atoms with Crippen molar-refractivity contribution >= 4 is 46.7 Å². The Morgan fingerprint density at radius 2 is 2.00 bits per heavy atom. The lowest BCUT2D eigenvalue weighted by Gasteiger charge is -2.23. The first-order valence-electron chi connectivity index (χ1n) is 7.52. The third kappa shape index (κ3) is 3.82. The molecule has 2 rings (SSSR count). The summed E-state index contributed by atoms with van der Waals surface area (Å²) in [5.74, 6) is -0.719. The van der Waals surface area contributed by atoms with Gasteiger partial charge in [0.25, 0.3) is 5.91 Å². The van der Waals surface area contributed by atoms with Crippen LogP contribution in [-0.4, -0.2) is 34.8 Å². The molecule has 1 aliphatic heterocycles. The quantitative estimate of drug-likeness (QED) is 0.779. The van der Waals surface area contributed by atoms with Crippen molar-refractivity contribution in [1.29, 1.82) is 0 Å². The average molecular weight is 372 g/mol. The largest absolute Gasteiger partial charge is 0.325 e. The molecular formula is C16H19Cl2N3O3. The van der Waals surface area contributed by atoms with Crippen molar-refractivity contribution in [2.75, 3.05) is 11.9 Å². The van der Waals surface area contributed by atoms with E-state index in [2.05, 4.69) is 10.6 Å². The van der Waals surface area contributed by atoms with Crippen molar-refractivity contribution in [3.63, 3.8) is 0 Å². The number of nitrogens with one attached hydrogen (secondary N) is 2. The number of imide groups is 1. The highest BCUT2D eigenvalue weighted by atomic mass is 35.5. The molecule has 1 heterocycles. The van der Waals surface area contributed by atoms with Crippen molar-refractivity contribution < 1.29 is 14.4 Å². The van der Waals surface area contributed by atoms with Gasteiger partial charge in [0.15, 0.2) is 0 Å². The van der Waals surface area contributed by atoms with Crippen molar-refractivity contribution in [2.24, 2.45) is 5.92 Å². The zero-order valence-corrected chi connectivity index (χ0v) is 15.2. The Balaban J connectivity index is 2.08. The van der Waals surface area contributed by atoms with Crippen LogP contribution in [0.1, 0.15) is 27.2 Å². The fraction of sp³-hybridized carbons (Fsp3) is 0.438. The normalized spacial score (nSPS) is 20.5. The summed E-state index contributed by atoms with van der Waals surface area (Å²) in [6.07, 6.45) is 0.496. The molecule has 130 valence electrons. The number of carbonyl (C=O) groups is 3. The summed E-state index contributed by atoms with van der Waals surface area (Å²) in [5, 5.41) is 5.72. The van der Waals surface area contributed by atoms with E-state index in [-0.39, 0.29) is 17.5 Å². The number of amides is 4. The molecule has 0 saturated carbocycles. The molecule has 0 bridgehead atoms. The molecule has 2 N–H and O–H groups in total. The zero-order valence-electron chi connectivity index (χ0n) is 13.7. The maximum absolute atomic E-state index is 12.5. The van der Waals surface area contributed by atoms with Crippen LogP contribution >= 0.6 is 23.2 Å². The fourth-order valence-electron chi connectivity index (χ4n) is 2.78. The minimum atomic E-state index is -0.987. The van der Waals surface area contributed by atoms with E-state index in [9.17, 15) is 14.4 Å². The Kier molecular flexibility index (Phi) is 5.40. The second kappa shape index (κ2) is 6.99. The molecule has 0 radical (unpaired) electrons. The van der Waals surface area contributed by atoms with Gasteiger partial charge in [-0.25, -0.2) is 4.79 Å². The molecule has 8 heteroatoms. The van der Waals surface area contributed by atoms with E-state index in [1.807, 2.05) is 13.8 Å². The SMILES string of the molecule is CC(C)CC1(C)NC(=O)N(CC(=O)Nc2cccc(Cl)c2Cl)C1=O. The van der Waals surface area contributed by atoms with Gasteiger partial charge in [-0.2, -0.15) is 0 Å². The number of carbonyl (C=O) groups excluding carboxylic acids is 3. The second-order valence-corrected chi connectivity index (χ2v) is 7.19. The van der Waals surface area contributed by atoms with Crippen LogP contribution < -0.4 is 10.6 Å². The third-order valence-electron chi connectivity index (χ3n) is 3.69. The highest BCUT2D eigenvalue weighted by Gasteiger charge is 2.48. The Morgan fingerprint density at radius 1 is 1.33 bits per heavy atom. The van der Waals surface area contributed by atoms with Crippen molar-refractivity contribution in [3.05, 3.63) is 28.2 Å². The van der Waals surface area contributed by atoms with Crippen LogP contribution in [0.25, 0.3) is 0 Å². The van der Waals surface area contributed by atoms with Gasteiger partial charge in [0.05, 0.1) is 15.7 Å². The average Bonchev–Trinajstić information content (AvgIpc) is 2.66. The maximum atomic E-state index is 12.5. The molecule has 0 spiro atoms. The number of halogens is 2. The minimum Gasteiger partial charge on any atom is -0.323 e. The molecule has 1 aromatic carbocycles. The van der Waals surface area contributed by atoms with Crippen LogP contribution in [0.4, 0.5) is 10.5 Å². The van der Waals surface area contributed by atoms with Crippen LogP contribution in [0.3, 0.4) is 0 Å². The molecule has 1 aromatic rings. The topological polar surface area (TPSA) is 78.5 Å². The van der Waals surface area contributed by atoms with E-state index in [4.69, 9.17) is 23.2 Å². The minimum absolute atomic E-state index is 0.203. The maximum Gasteiger partial charge on any atom is 0.325 e. The van der Waals surface area contributed by atoms with Crippen molar-refractivity contribution in [2.45, 2.75) is 32.7 Å². The number of benzene rings is 1. The van der Waals surface area contributed by atoms with Gasteiger partial charge in [-0.1, -0.05) is 43.1 Å². The number of hydrogen-bond acceptors (Lipinski definition) is 3. The van der Waals surface area contributed by atoms with Gasteiger partial charge in [0, 0.05) is 0 Å². The standard InChI is InChI=1S/C16H19Cl2N3O3/c1-9(2)7-16(3)14(23)21(15(24)20-16)8-12(22)19-11-6-4-5-10(17)13(11)18/h4-6,9H,7-8H2,1-3H3,(H,19,22)(H,20,24). The first-order chi connectivity index (χ1) is 11.1. The van der Waals surface area contributed by atoms with Gasteiger partial charge in [0.1, 0.15) is 12.1 Å². The lowest BCUT2D eigenvalue weighted by atomic mass is 9.91. The van der Waals surface area contributed by atoms with E-state index < -0.39 is 23.4 Å². The molecule has 24 heavy (non-hydrogen) atoms. The van der Waals surface area contributed by atoms with Crippen molar-refractivity contribution in [3.8, 4) is 0 Å². The van der Waals surface area contributed by atoms with E-state index in [0.717, 1.165) is 4.90 Å². The predicted molar refractivity (Wildman–Crippen MR) is 93.2 cm³/mol. The van der Waals surface area contributed by atoms with Crippen LogP contribution in [-0.2, 0) is 9.59 Å². The summed E-state index contributed by atoms with van der Waals surface area (Å²) < 4.78 is 0. The zero-order chi connectivity index (χ0) is 18.1. The number of anilines is 1. The van der Waals surface area contributed by atoms with E-state index in [0.29, 0.717) is 17.1 Å². The van der Waals surface area contributed by atoms with Gasteiger partial charge < -0.3 is 10.6 Å². The Hall–Kier alpha value is -1.79. The van der Waals surface area contributed by atoms with Crippen molar-refractivity contribution in [1.82, 2.24) is 10.2 Å². The summed E-state index contributed by atoms with van der Waals surface area (Å²) in [5.41, 5.74) is -0.662. The molecule has 1 saturated heterocycles. The molecular weight excluding hydrogens is 353 g/mol. The number of hydrogen-bond donors (Lipinski definition) is 2. The highest BCUT2D eigenvalue weighted by Crippen LogP contribution is 2.30. The predicted octanol–water partition coefficient (Wildman–Crippen LogP) is 3.29. The Bertz CT molecular complexity index is 693. The summed E-state index contributed by atoms with van der Waals surface area (Å²) >= 11 is 11.9.